The van der Waals surface area contributed by atoms with Crippen LogP contribution in [0.2, 0.25) is 0 Å². The third-order valence-corrected chi connectivity index (χ3v) is 4.02. The molecule has 0 amide bonds. The van der Waals surface area contributed by atoms with E-state index in [1.165, 1.54) is 5.56 Å². The lowest BCUT2D eigenvalue weighted by Crippen LogP contribution is -2.26. The summed E-state index contributed by atoms with van der Waals surface area (Å²) < 4.78 is 1.02. The van der Waals surface area contributed by atoms with Gasteiger partial charge in [0, 0.05) is 29.2 Å². The van der Waals surface area contributed by atoms with Gasteiger partial charge in [0.25, 0.3) is 0 Å². The molecule has 1 aromatic carbocycles. The number of rotatable bonds is 2. The Hall–Kier alpha value is -1.40. The highest BCUT2D eigenvalue weighted by Crippen LogP contribution is 2.28. The van der Waals surface area contributed by atoms with Gasteiger partial charge < -0.3 is 10.6 Å². The molecule has 1 unspecified atom stereocenters. The van der Waals surface area contributed by atoms with Crippen molar-refractivity contribution >= 4 is 21.9 Å². The smallest absolute Gasteiger partial charge is 0.245 e. The standard InChI is InChI=1S/C13H16BrN5/c1-8-2-3-10(11(14)6-8)12-16-13(18-17-12)19-5-4-9(15)7-19/h2-3,6,9H,4-5,7,15H2,1H3,(H,16,17,18). The molecule has 2 aromatic rings. The predicted octanol–water partition coefficient (Wildman–Crippen LogP) is 2.08. The zero-order valence-corrected chi connectivity index (χ0v) is 12.3. The minimum atomic E-state index is 0.230. The summed E-state index contributed by atoms with van der Waals surface area (Å²) in [5.41, 5.74) is 8.14. The maximum absolute atomic E-state index is 5.91. The van der Waals surface area contributed by atoms with Crippen LogP contribution in [0.25, 0.3) is 11.4 Å². The van der Waals surface area contributed by atoms with Crippen molar-refractivity contribution in [2.45, 2.75) is 19.4 Å². The second-order valence-corrected chi connectivity index (χ2v) is 5.82. The Balaban J connectivity index is 1.88. The Bertz CT molecular complexity index is 594. The average molecular weight is 322 g/mol. The van der Waals surface area contributed by atoms with Crippen LogP contribution in [-0.2, 0) is 0 Å². The van der Waals surface area contributed by atoms with Gasteiger partial charge in [0.2, 0.25) is 5.95 Å². The van der Waals surface area contributed by atoms with Crippen molar-refractivity contribution in [2.75, 3.05) is 18.0 Å². The number of anilines is 1. The summed E-state index contributed by atoms with van der Waals surface area (Å²) in [4.78, 5) is 6.68. The molecule has 0 aliphatic carbocycles. The molecule has 3 N–H and O–H groups in total. The Kier molecular flexibility index (Phi) is 3.28. The maximum Gasteiger partial charge on any atom is 0.245 e. The number of aromatic nitrogens is 3. The first-order valence-corrected chi connectivity index (χ1v) is 7.12. The van der Waals surface area contributed by atoms with Gasteiger partial charge in [0.1, 0.15) is 0 Å². The molecule has 0 bridgehead atoms. The van der Waals surface area contributed by atoms with Gasteiger partial charge in [-0.25, -0.2) is 0 Å². The van der Waals surface area contributed by atoms with Gasteiger partial charge in [-0.2, -0.15) is 4.98 Å². The molecule has 0 radical (unpaired) electrons. The third-order valence-electron chi connectivity index (χ3n) is 3.36. The number of nitrogens with one attached hydrogen (secondary N) is 1. The molecule has 0 saturated carbocycles. The van der Waals surface area contributed by atoms with E-state index in [-0.39, 0.29) is 6.04 Å². The summed E-state index contributed by atoms with van der Waals surface area (Å²) in [5, 5.41) is 7.29. The van der Waals surface area contributed by atoms with E-state index >= 15 is 0 Å². The first-order valence-electron chi connectivity index (χ1n) is 6.33. The molecule has 0 spiro atoms. The topological polar surface area (TPSA) is 70.8 Å². The van der Waals surface area contributed by atoms with E-state index in [0.717, 1.165) is 41.3 Å². The van der Waals surface area contributed by atoms with Crippen molar-refractivity contribution in [3.63, 3.8) is 0 Å². The monoisotopic (exact) mass is 321 g/mol. The Morgan fingerprint density at radius 1 is 1.47 bits per heavy atom. The highest BCUT2D eigenvalue weighted by molar-refractivity contribution is 9.10. The van der Waals surface area contributed by atoms with Crippen molar-refractivity contribution in [3.8, 4) is 11.4 Å². The van der Waals surface area contributed by atoms with Gasteiger partial charge >= 0.3 is 0 Å². The van der Waals surface area contributed by atoms with Gasteiger partial charge in [-0.05, 0) is 31.0 Å². The van der Waals surface area contributed by atoms with Crippen molar-refractivity contribution in [3.05, 3.63) is 28.2 Å². The van der Waals surface area contributed by atoms with Gasteiger partial charge in [0.05, 0.1) is 0 Å². The molecular formula is C13H16BrN5. The van der Waals surface area contributed by atoms with Crippen molar-refractivity contribution in [1.82, 2.24) is 15.2 Å². The number of hydrogen-bond donors (Lipinski definition) is 2. The number of nitrogens with zero attached hydrogens (tertiary/aromatic N) is 3. The van der Waals surface area contributed by atoms with Gasteiger partial charge in [-0.3, -0.25) is 5.10 Å². The lowest BCUT2D eigenvalue weighted by atomic mass is 10.1. The van der Waals surface area contributed by atoms with E-state index in [1.54, 1.807) is 0 Å². The molecule has 19 heavy (non-hydrogen) atoms. The molecule has 1 aliphatic heterocycles. The summed E-state index contributed by atoms with van der Waals surface area (Å²) in [6, 6.07) is 6.41. The lowest BCUT2D eigenvalue weighted by molar-refractivity contribution is 0.750. The minimum absolute atomic E-state index is 0.230. The highest BCUT2D eigenvalue weighted by atomic mass is 79.9. The van der Waals surface area contributed by atoms with Gasteiger partial charge in [-0.15, -0.1) is 5.10 Å². The zero-order valence-electron chi connectivity index (χ0n) is 10.7. The van der Waals surface area contributed by atoms with Gasteiger partial charge in [0.15, 0.2) is 5.82 Å². The van der Waals surface area contributed by atoms with Crippen LogP contribution in [0.4, 0.5) is 5.95 Å². The number of aromatic amines is 1. The van der Waals surface area contributed by atoms with Crippen LogP contribution in [0.15, 0.2) is 22.7 Å². The van der Waals surface area contributed by atoms with Crippen LogP contribution in [0, 0.1) is 6.92 Å². The molecule has 1 aromatic heterocycles. The van der Waals surface area contributed by atoms with E-state index in [0.29, 0.717) is 0 Å². The fourth-order valence-electron chi connectivity index (χ4n) is 2.30. The number of nitrogens with two attached hydrogens (primary N) is 1. The molecule has 1 atom stereocenters. The number of aryl methyl sites for hydroxylation is 1. The third kappa shape index (κ3) is 2.50. The van der Waals surface area contributed by atoms with Crippen molar-refractivity contribution < 1.29 is 0 Å². The molecule has 1 aliphatic rings. The molecule has 1 fully saturated rings. The van der Waals surface area contributed by atoms with Crippen LogP contribution in [0.1, 0.15) is 12.0 Å². The molecule has 5 nitrogen and oxygen atoms in total. The predicted molar refractivity (Wildman–Crippen MR) is 79.1 cm³/mol. The molecule has 100 valence electrons. The van der Waals surface area contributed by atoms with E-state index in [2.05, 4.69) is 55.1 Å². The normalized spacial score (nSPS) is 19.1. The highest BCUT2D eigenvalue weighted by Gasteiger charge is 2.22. The van der Waals surface area contributed by atoms with E-state index in [1.807, 2.05) is 6.07 Å². The van der Waals surface area contributed by atoms with Crippen LogP contribution in [0.3, 0.4) is 0 Å². The summed E-state index contributed by atoms with van der Waals surface area (Å²) in [6.07, 6.45) is 0.998. The quantitative estimate of drug-likeness (QED) is 0.888. The summed E-state index contributed by atoms with van der Waals surface area (Å²) in [6.45, 7) is 3.81. The second kappa shape index (κ2) is 4.94. The van der Waals surface area contributed by atoms with Crippen molar-refractivity contribution in [1.29, 1.82) is 0 Å². The Labute approximate surface area is 120 Å². The van der Waals surface area contributed by atoms with Crippen LogP contribution >= 0.6 is 15.9 Å². The largest absolute Gasteiger partial charge is 0.338 e. The van der Waals surface area contributed by atoms with Crippen molar-refractivity contribution in [2.24, 2.45) is 5.73 Å². The van der Waals surface area contributed by atoms with E-state index in [4.69, 9.17) is 5.73 Å². The fourth-order valence-corrected chi connectivity index (χ4v) is 2.98. The SMILES string of the molecule is Cc1ccc(-c2nc(N3CCC(N)C3)n[nH]2)c(Br)c1. The Morgan fingerprint density at radius 2 is 2.32 bits per heavy atom. The minimum Gasteiger partial charge on any atom is -0.338 e. The lowest BCUT2D eigenvalue weighted by Gasteiger charge is -2.11. The molecular weight excluding hydrogens is 306 g/mol. The second-order valence-electron chi connectivity index (χ2n) is 4.96. The van der Waals surface area contributed by atoms with Crippen LogP contribution in [0.5, 0.6) is 0 Å². The van der Waals surface area contributed by atoms with Gasteiger partial charge in [-0.1, -0.05) is 22.0 Å². The Morgan fingerprint density at radius 3 is 3.00 bits per heavy atom. The number of hydrogen-bond acceptors (Lipinski definition) is 4. The summed E-state index contributed by atoms with van der Waals surface area (Å²) in [5.74, 6) is 1.51. The average Bonchev–Trinajstić information content (AvgIpc) is 2.97. The zero-order chi connectivity index (χ0) is 13.4. The summed E-state index contributed by atoms with van der Waals surface area (Å²) >= 11 is 3.56. The molecule has 3 rings (SSSR count). The molecule has 1 saturated heterocycles. The molecule has 2 heterocycles. The number of halogens is 1. The van der Waals surface area contributed by atoms with Crippen LogP contribution < -0.4 is 10.6 Å². The van der Waals surface area contributed by atoms with E-state index < -0.39 is 0 Å². The molecule has 6 heteroatoms. The fraction of sp³-hybridized carbons (Fsp3) is 0.385. The summed E-state index contributed by atoms with van der Waals surface area (Å²) in [7, 11) is 0. The maximum atomic E-state index is 5.91. The first-order chi connectivity index (χ1) is 9.13. The number of H-pyrrole nitrogens is 1. The van der Waals surface area contributed by atoms with Crippen LogP contribution in [-0.4, -0.2) is 34.3 Å². The van der Waals surface area contributed by atoms with E-state index in [9.17, 15) is 0 Å². The number of benzene rings is 1. The first kappa shape index (κ1) is 12.6.